The van der Waals surface area contributed by atoms with Gasteiger partial charge in [0, 0.05) is 22.6 Å². The van der Waals surface area contributed by atoms with Crippen molar-refractivity contribution in [2.45, 2.75) is 48.9 Å². The van der Waals surface area contributed by atoms with Crippen LogP contribution >= 0.6 is 23.5 Å². The number of amides is 3. The largest absolute Gasteiger partial charge is 0.350 e. The minimum Gasteiger partial charge on any atom is -0.350 e. The van der Waals surface area contributed by atoms with E-state index in [1.54, 1.807) is 16.7 Å². The van der Waals surface area contributed by atoms with Crippen LogP contribution in [0.3, 0.4) is 0 Å². The Bertz CT molecular complexity index is 733. The second kappa shape index (κ2) is 7.52. The first-order valence-electron chi connectivity index (χ1n) is 8.50. The third-order valence-corrected chi connectivity index (χ3v) is 6.36. The summed E-state index contributed by atoms with van der Waals surface area (Å²) in [6, 6.07) is 7.08. The van der Waals surface area contributed by atoms with E-state index >= 15 is 0 Å². The Balaban J connectivity index is 1.66. The molecule has 1 aromatic carbocycles. The van der Waals surface area contributed by atoms with Gasteiger partial charge in [0.15, 0.2) is 0 Å². The van der Waals surface area contributed by atoms with Crippen LogP contribution in [0.15, 0.2) is 29.2 Å². The van der Waals surface area contributed by atoms with Gasteiger partial charge < -0.3 is 15.5 Å². The van der Waals surface area contributed by atoms with Gasteiger partial charge in [-0.15, -0.1) is 23.5 Å². The number of hydrogen-bond acceptors (Lipinski definition) is 5. The Labute approximate surface area is 161 Å². The highest BCUT2D eigenvalue weighted by atomic mass is 32.2. The first-order valence-corrected chi connectivity index (χ1v) is 10.5. The second-order valence-corrected chi connectivity index (χ2v) is 9.66. The van der Waals surface area contributed by atoms with Gasteiger partial charge in [-0.25, -0.2) is 0 Å². The Morgan fingerprint density at radius 1 is 1.31 bits per heavy atom. The molecule has 3 rings (SSSR count). The third kappa shape index (κ3) is 4.35. The van der Waals surface area contributed by atoms with E-state index in [1.165, 1.54) is 11.8 Å². The number of hydrogen-bond donors (Lipinski definition) is 2. The van der Waals surface area contributed by atoms with Gasteiger partial charge in [0.2, 0.25) is 17.7 Å². The summed E-state index contributed by atoms with van der Waals surface area (Å²) in [6.45, 7) is 5.75. The number of carbonyl (C=O) groups excluding carboxylic acids is 3. The number of nitrogens with zero attached hydrogens (tertiary/aromatic N) is 1. The summed E-state index contributed by atoms with van der Waals surface area (Å²) < 4.78 is 0. The Kier molecular flexibility index (Phi) is 5.53. The van der Waals surface area contributed by atoms with Crippen molar-refractivity contribution in [3.05, 3.63) is 24.3 Å². The van der Waals surface area contributed by atoms with Gasteiger partial charge in [-0.1, -0.05) is 12.1 Å². The van der Waals surface area contributed by atoms with Crippen LogP contribution in [-0.4, -0.2) is 51.1 Å². The highest BCUT2D eigenvalue weighted by Gasteiger charge is 2.38. The SMILES string of the molecule is CC(C)(C)NC(=O)C1CSCN1C(=O)CC1Sc2ccccc2NC1=O. The topological polar surface area (TPSA) is 78.5 Å². The molecule has 0 bridgehead atoms. The minimum atomic E-state index is -0.477. The van der Waals surface area contributed by atoms with Crippen LogP contribution in [-0.2, 0) is 14.4 Å². The summed E-state index contributed by atoms with van der Waals surface area (Å²) in [5.74, 6) is 0.611. The van der Waals surface area contributed by atoms with Crippen molar-refractivity contribution in [2.24, 2.45) is 0 Å². The van der Waals surface area contributed by atoms with Crippen molar-refractivity contribution < 1.29 is 14.4 Å². The normalized spacial score (nSPS) is 22.6. The molecule has 2 N–H and O–H groups in total. The quantitative estimate of drug-likeness (QED) is 0.824. The van der Waals surface area contributed by atoms with Crippen molar-refractivity contribution in [1.82, 2.24) is 10.2 Å². The number of carbonyl (C=O) groups is 3. The molecule has 0 saturated carbocycles. The van der Waals surface area contributed by atoms with E-state index in [0.29, 0.717) is 11.6 Å². The lowest BCUT2D eigenvalue weighted by Crippen LogP contribution is -2.52. The Hall–Kier alpha value is -1.67. The van der Waals surface area contributed by atoms with Gasteiger partial charge in [-0.05, 0) is 32.9 Å². The molecule has 140 valence electrons. The fourth-order valence-electron chi connectivity index (χ4n) is 2.86. The first-order chi connectivity index (χ1) is 12.2. The van der Waals surface area contributed by atoms with Crippen LogP contribution in [0.2, 0.25) is 0 Å². The van der Waals surface area contributed by atoms with Crippen molar-refractivity contribution in [1.29, 1.82) is 0 Å². The molecule has 2 aliphatic heterocycles. The molecule has 8 heteroatoms. The molecule has 0 radical (unpaired) electrons. The van der Waals surface area contributed by atoms with Gasteiger partial charge in [0.05, 0.1) is 16.8 Å². The maximum Gasteiger partial charge on any atom is 0.244 e. The summed E-state index contributed by atoms with van der Waals surface area (Å²) in [7, 11) is 0. The van der Waals surface area contributed by atoms with Crippen LogP contribution < -0.4 is 10.6 Å². The van der Waals surface area contributed by atoms with Crippen molar-refractivity contribution in [3.63, 3.8) is 0 Å². The summed E-state index contributed by atoms with van der Waals surface area (Å²) >= 11 is 2.97. The van der Waals surface area contributed by atoms with Crippen LogP contribution in [0.25, 0.3) is 0 Å². The summed E-state index contributed by atoms with van der Waals surface area (Å²) in [4.78, 5) is 40.2. The molecule has 0 aliphatic carbocycles. The first kappa shape index (κ1) is 19.1. The fraction of sp³-hybridized carbons (Fsp3) is 0.500. The van der Waals surface area contributed by atoms with Gasteiger partial charge in [-0.2, -0.15) is 0 Å². The molecule has 2 atom stereocenters. The Morgan fingerprint density at radius 3 is 2.77 bits per heavy atom. The number of anilines is 1. The number of thioether (sulfide) groups is 2. The molecular formula is C18H23N3O3S2. The van der Waals surface area contributed by atoms with Crippen LogP contribution in [0, 0.1) is 0 Å². The predicted molar refractivity (Wildman–Crippen MR) is 105 cm³/mol. The second-order valence-electron chi connectivity index (χ2n) is 7.41. The molecule has 26 heavy (non-hydrogen) atoms. The molecule has 6 nitrogen and oxygen atoms in total. The minimum absolute atomic E-state index is 0.0880. The molecule has 2 unspecified atom stereocenters. The molecule has 0 spiro atoms. The van der Waals surface area contributed by atoms with Crippen molar-refractivity contribution >= 4 is 46.9 Å². The lowest BCUT2D eigenvalue weighted by molar-refractivity contribution is -0.139. The average Bonchev–Trinajstić information content (AvgIpc) is 3.04. The van der Waals surface area contributed by atoms with Gasteiger partial charge in [0.1, 0.15) is 6.04 Å². The molecule has 3 amide bonds. The highest BCUT2D eigenvalue weighted by molar-refractivity contribution is 8.01. The van der Waals surface area contributed by atoms with Gasteiger partial charge in [-0.3, -0.25) is 14.4 Å². The third-order valence-electron chi connectivity index (χ3n) is 4.07. The summed E-state index contributed by atoms with van der Waals surface area (Å²) in [5.41, 5.74) is 0.437. The van der Waals surface area contributed by atoms with E-state index in [4.69, 9.17) is 0 Å². The lowest BCUT2D eigenvalue weighted by Gasteiger charge is -2.29. The van der Waals surface area contributed by atoms with E-state index in [-0.39, 0.29) is 29.7 Å². The number of para-hydroxylation sites is 1. The number of fused-ring (bicyclic) bond motifs is 1. The van der Waals surface area contributed by atoms with Crippen molar-refractivity contribution in [2.75, 3.05) is 16.9 Å². The van der Waals surface area contributed by atoms with Gasteiger partial charge >= 0.3 is 0 Å². The number of nitrogens with one attached hydrogen (secondary N) is 2. The van der Waals surface area contributed by atoms with Crippen LogP contribution in [0.5, 0.6) is 0 Å². The lowest BCUT2D eigenvalue weighted by atomic mass is 10.1. The summed E-state index contributed by atoms with van der Waals surface area (Å²) in [5, 5.41) is 5.32. The van der Waals surface area contributed by atoms with E-state index < -0.39 is 11.3 Å². The number of benzene rings is 1. The molecule has 1 fully saturated rings. The number of rotatable bonds is 3. The van der Waals surface area contributed by atoms with E-state index in [0.717, 1.165) is 10.6 Å². The molecule has 2 heterocycles. The monoisotopic (exact) mass is 393 g/mol. The average molecular weight is 394 g/mol. The zero-order valence-electron chi connectivity index (χ0n) is 15.1. The standard InChI is InChI=1S/C18H23N3O3S2/c1-18(2,3)20-16(23)12-9-25-10-21(12)15(22)8-14-17(24)19-11-6-4-5-7-13(11)26-14/h4-7,12,14H,8-10H2,1-3H3,(H,19,24)(H,20,23). The Morgan fingerprint density at radius 2 is 2.04 bits per heavy atom. The maximum absolute atomic E-state index is 12.8. The zero-order valence-corrected chi connectivity index (χ0v) is 16.7. The molecular weight excluding hydrogens is 370 g/mol. The van der Waals surface area contributed by atoms with E-state index in [2.05, 4.69) is 10.6 Å². The smallest absolute Gasteiger partial charge is 0.244 e. The molecule has 1 saturated heterocycles. The molecule has 2 aliphatic rings. The highest BCUT2D eigenvalue weighted by Crippen LogP contribution is 2.37. The van der Waals surface area contributed by atoms with E-state index in [1.807, 2.05) is 45.0 Å². The van der Waals surface area contributed by atoms with Crippen LogP contribution in [0.1, 0.15) is 27.2 Å². The molecule has 1 aromatic rings. The van der Waals surface area contributed by atoms with Crippen LogP contribution in [0.4, 0.5) is 5.69 Å². The summed E-state index contributed by atoms with van der Waals surface area (Å²) in [6.07, 6.45) is 0.0880. The fourth-order valence-corrected chi connectivity index (χ4v) is 5.14. The van der Waals surface area contributed by atoms with Gasteiger partial charge in [0.25, 0.3) is 0 Å². The van der Waals surface area contributed by atoms with Crippen molar-refractivity contribution in [3.8, 4) is 0 Å². The predicted octanol–water partition coefficient (Wildman–Crippen LogP) is 2.31. The maximum atomic E-state index is 12.8. The van der Waals surface area contributed by atoms with E-state index in [9.17, 15) is 14.4 Å². The zero-order chi connectivity index (χ0) is 18.9. The molecule has 0 aromatic heterocycles.